The van der Waals surface area contributed by atoms with Crippen LogP contribution in [0.5, 0.6) is 0 Å². The summed E-state index contributed by atoms with van der Waals surface area (Å²) in [5.74, 6) is -1.21. The first kappa shape index (κ1) is 20.7. The molecule has 8 nitrogen and oxygen atoms in total. The van der Waals surface area contributed by atoms with Gasteiger partial charge >= 0.3 is 0 Å². The Morgan fingerprint density at radius 2 is 1.76 bits per heavy atom. The van der Waals surface area contributed by atoms with Crippen LogP contribution in [0.1, 0.15) is 29.6 Å². The summed E-state index contributed by atoms with van der Waals surface area (Å²) < 4.78 is 57.8. The molecule has 0 spiro atoms. The van der Waals surface area contributed by atoms with E-state index in [4.69, 9.17) is 14.2 Å². The third kappa shape index (κ3) is 4.17. The predicted molar refractivity (Wildman–Crippen MR) is 100 cm³/mol. The van der Waals surface area contributed by atoms with Gasteiger partial charge in [-0.05, 0) is 37.5 Å². The zero-order chi connectivity index (χ0) is 20.4. The molecule has 29 heavy (non-hydrogen) atoms. The van der Waals surface area contributed by atoms with Crippen molar-refractivity contribution in [2.45, 2.75) is 36.5 Å². The van der Waals surface area contributed by atoms with Gasteiger partial charge < -0.3 is 19.1 Å². The fourth-order valence-electron chi connectivity index (χ4n) is 4.02. The molecule has 0 saturated carbocycles. The lowest BCUT2D eigenvalue weighted by Gasteiger charge is -2.38. The Balaban J connectivity index is 1.61. The van der Waals surface area contributed by atoms with Crippen LogP contribution in [0, 0.1) is 5.82 Å². The van der Waals surface area contributed by atoms with Crippen LogP contribution in [-0.4, -0.2) is 81.9 Å². The van der Waals surface area contributed by atoms with Crippen molar-refractivity contribution in [3.63, 3.8) is 0 Å². The third-order valence-electron chi connectivity index (χ3n) is 5.54. The van der Waals surface area contributed by atoms with Crippen molar-refractivity contribution in [1.29, 1.82) is 0 Å². The van der Waals surface area contributed by atoms with E-state index in [1.807, 2.05) is 0 Å². The molecular weight excluding hydrogens is 403 g/mol. The fourth-order valence-corrected chi connectivity index (χ4v) is 5.52. The number of hydrogen-bond acceptors (Lipinski definition) is 6. The van der Waals surface area contributed by atoms with Gasteiger partial charge in [0.25, 0.3) is 5.91 Å². The largest absolute Gasteiger partial charge is 0.379 e. The number of nitrogens with zero attached hydrogens (tertiary/aromatic N) is 2. The molecule has 3 heterocycles. The molecule has 4 rings (SSSR count). The number of rotatable bonds is 4. The number of halogens is 1. The second-order valence-electron chi connectivity index (χ2n) is 7.33. The normalized spacial score (nSPS) is 24.7. The molecule has 3 aliphatic rings. The van der Waals surface area contributed by atoms with Crippen molar-refractivity contribution in [2.75, 3.05) is 46.1 Å². The molecule has 0 aliphatic carbocycles. The Morgan fingerprint density at radius 3 is 2.48 bits per heavy atom. The predicted octanol–water partition coefficient (Wildman–Crippen LogP) is 1.21. The van der Waals surface area contributed by atoms with Crippen LogP contribution in [0.25, 0.3) is 0 Å². The Kier molecular flexibility index (Phi) is 6.16. The molecule has 10 heteroatoms. The third-order valence-corrected chi connectivity index (χ3v) is 7.45. The quantitative estimate of drug-likeness (QED) is 0.717. The number of carbonyl (C=O) groups excluding carboxylic acids is 1. The van der Waals surface area contributed by atoms with Gasteiger partial charge in [0.2, 0.25) is 10.0 Å². The summed E-state index contributed by atoms with van der Waals surface area (Å²) in [6, 6.07) is 3.29. The second kappa shape index (κ2) is 8.65. The van der Waals surface area contributed by atoms with Gasteiger partial charge in [-0.15, -0.1) is 0 Å². The van der Waals surface area contributed by atoms with Crippen LogP contribution >= 0.6 is 0 Å². The standard InChI is InChI=1S/C19H25FN2O6S/c20-15-5-4-14(13-17(15)29(24,25)21-7-9-26-10-8-21)18(23)22-6-2-1-3-16(22)19-27-11-12-28-19/h4-5,13,16,19H,1-3,6-12H2. The Labute approximate surface area is 169 Å². The topological polar surface area (TPSA) is 85.4 Å². The van der Waals surface area contributed by atoms with E-state index in [1.165, 1.54) is 10.4 Å². The molecule has 0 bridgehead atoms. The Morgan fingerprint density at radius 1 is 1.03 bits per heavy atom. The van der Waals surface area contributed by atoms with Crippen LogP contribution in [0.15, 0.2) is 23.1 Å². The van der Waals surface area contributed by atoms with Gasteiger partial charge in [0.1, 0.15) is 10.7 Å². The lowest BCUT2D eigenvalue weighted by atomic mass is 10.00. The molecule has 3 fully saturated rings. The monoisotopic (exact) mass is 428 g/mol. The van der Waals surface area contributed by atoms with Crippen LogP contribution < -0.4 is 0 Å². The van der Waals surface area contributed by atoms with E-state index in [-0.39, 0.29) is 43.8 Å². The van der Waals surface area contributed by atoms with Crippen molar-refractivity contribution in [3.8, 4) is 0 Å². The van der Waals surface area contributed by atoms with Gasteiger partial charge in [0, 0.05) is 25.2 Å². The van der Waals surface area contributed by atoms with Gasteiger partial charge in [0.15, 0.2) is 6.29 Å². The van der Waals surface area contributed by atoms with Gasteiger partial charge in [-0.3, -0.25) is 4.79 Å². The second-order valence-corrected chi connectivity index (χ2v) is 9.24. The van der Waals surface area contributed by atoms with Gasteiger partial charge in [-0.2, -0.15) is 4.31 Å². The number of likely N-dealkylation sites (tertiary alicyclic amines) is 1. The maximum Gasteiger partial charge on any atom is 0.254 e. The van der Waals surface area contributed by atoms with Crippen molar-refractivity contribution < 1.29 is 31.8 Å². The Bertz CT molecular complexity index is 852. The van der Waals surface area contributed by atoms with Crippen LogP contribution in [0.2, 0.25) is 0 Å². The van der Waals surface area contributed by atoms with E-state index in [0.717, 1.165) is 31.4 Å². The Hall–Kier alpha value is -1.59. The molecule has 160 valence electrons. The highest BCUT2D eigenvalue weighted by molar-refractivity contribution is 7.89. The summed E-state index contributed by atoms with van der Waals surface area (Å²) in [5, 5.41) is 0. The summed E-state index contributed by atoms with van der Waals surface area (Å²) >= 11 is 0. The molecule has 1 atom stereocenters. The molecule has 3 saturated heterocycles. The van der Waals surface area contributed by atoms with Crippen molar-refractivity contribution in [1.82, 2.24) is 9.21 Å². The van der Waals surface area contributed by atoms with E-state index < -0.39 is 27.0 Å². The minimum atomic E-state index is -4.05. The molecule has 0 aromatic heterocycles. The smallest absolute Gasteiger partial charge is 0.254 e. The highest BCUT2D eigenvalue weighted by Crippen LogP contribution is 2.28. The summed E-state index contributed by atoms with van der Waals surface area (Å²) in [7, 11) is -4.05. The summed E-state index contributed by atoms with van der Waals surface area (Å²) in [4.78, 5) is 14.4. The first-order chi connectivity index (χ1) is 14.0. The maximum absolute atomic E-state index is 14.4. The molecular formula is C19H25FN2O6S. The zero-order valence-corrected chi connectivity index (χ0v) is 16.9. The molecule has 0 N–H and O–H groups in total. The highest BCUT2D eigenvalue weighted by atomic mass is 32.2. The molecule has 1 unspecified atom stereocenters. The maximum atomic E-state index is 14.4. The van der Waals surface area contributed by atoms with Crippen LogP contribution in [0.3, 0.4) is 0 Å². The van der Waals surface area contributed by atoms with Crippen molar-refractivity contribution in [3.05, 3.63) is 29.6 Å². The number of benzene rings is 1. The van der Waals surface area contributed by atoms with E-state index in [0.29, 0.717) is 19.8 Å². The number of piperidine rings is 1. The summed E-state index contributed by atoms with van der Waals surface area (Å²) in [6.07, 6.45) is 2.07. The summed E-state index contributed by atoms with van der Waals surface area (Å²) in [5.41, 5.74) is 0.142. The van der Waals surface area contributed by atoms with Crippen molar-refractivity contribution >= 4 is 15.9 Å². The molecule has 1 aromatic carbocycles. The van der Waals surface area contributed by atoms with E-state index in [1.54, 1.807) is 4.90 Å². The van der Waals surface area contributed by atoms with Crippen LogP contribution in [-0.2, 0) is 24.2 Å². The average Bonchev–Trinajstić information content (AvgIpc) is 3.29. The minimum Gasteiger partial charge on any atom is -0.379 e. The number of carbonyl (C=O) groups is 1. The van der Waals surface area contributed by atoms with Crippen molar-refractivity contribution in [2.24, 2.45) is 0 Å². The zero-order valence-electron chi connectivity index (χ0n) is 16.1. The lowest BCUT2D eigenvalue weighted by Crippen LogP contribution is -2.50. The number of amides is 1. The molecule has 3 aliphatic heterocycles. The van der Waals surface area contributed by atoms with Crippen LogP contribution in [0.4, 0.5) is 4.39 Å². The van der Waals surface area contributed by atoms with Gasteiger partial charge in [-0.1, -0.05) is 0 Å². The first-order valence-corrected chi connectivity index (χ1v) is 11.3. The highest BCUT2D eigenvalue weighted by Gasteiger charge is 2.37. The number of sulfonamides is 1. The van der Waals surface area contributed by atoms with Gasteiger partial charge in [0.05, 0.1) is 32.5 Å². The van der Waals surface area contributed by atoms with Gasteiger partial charge in [-0.25, -0.2) is 12.8 Å². The number of ether oxygens (including phenoxy) is 3. The fraction of sp³-hybridized carbons (Fsp3) is 0.632. The molecule has 1 amide bonds. The molecule has 0 radical (unpaired) electrons. The molecule has 1 aromatic rings. The SMILES string of the molecule is O=C(c1ccc(F)c(S(=O)(=O)N2CCOCC2)c1)N1CCCCC1C1OCCO1. The van der Waals surface area contributed by atoms with E-state index in [9.17, 15) is 17.6 Å². The minimum absolute atomic E-state index is 0.142. The van der Waals surface area contributed by atoms with E-state index >= 15 is 0 Å². The average molecular weight is 428 g/mol. The van der Waals surface area contributed by atoms with E-state index in [2.05, 4.69) is 0 Å². The number of hydrogen-bond donors (Lipinski definition) is 0. The first-order valence-electron chi connectivity index (χ1n) is 9.90. The number of morpholine rings is 1. The summed E-state index contributed by atoms with van der Waals surface area (Å²) in [6.45, 7) is 2.33. The lowest BCUT2D eigenvalue weighted by molar-refractivity contribution is -0.100.